The summed E-state index contributed by atoms with van der Waals surface area (Å²) in [4.78, 5) is 12.4. The lowest BCUT2D eigenvalue weighted by molar-refractivity contribution is 0.102. The lowest BCUT2D eigenvalue weighted by atomic mass is 10.1. The minimum atomic E-state index is -3.23. The summed E-state index contributed by atoms with van der Waals surface area (Å²) in [6.45, 7) is 4.33. The van der Waals surface area contributed by atoms with E-state index in [2.05, 4.69) is 5.32 Å². The van der Waals surface area contributed by atoms with Crippen molar-refractivity contribution in [2.75, 3.05) is 21.9 Å². The van der Waals surface area contributed by atoms with Crippen LogP contribution in [-0.4, -0.2) is 26.6 Å². The van der Waals surface area contributed by atoms with Gasteiger partial charge in [0, 0.05) is 17.8 Å². The van der Waals surface area contributed by atoms with Crippen molar-refractivity contribution in [2.45, 2.75) is 20.3 Å². The second kappa shape index (κ2) is 6.28. The molecule has 24 heavy (non-hydrogen) atoms. The summed E-state index contributed by atoms with van der Waals surface area (Å²) in [5.41, 5.74) is 3.76. The smallest absolute Gasteiger partial charge is 0.255 e. The van der Waals surface area contributed by atoms with E-state index in [-0.39, 0.29) is 11.7 Å². The minimum Gasteiger partial charge on any atom is -0.322 e. The van der Waals surface area contributed by atoms with Gasteiger partial charge in [-0.3, -0.25) is 9.10 Å². The normalized spacial score (nSPS) is 16.2. The Morgan fingerprint density at radius 2 is 1.79 bits per heavy atom. The van der Waals surface area contributed by atoms with Crippen LogP contribution in [0.4, 0.5) is 11.4 Å². The van der Waals surface area contributed by atoms with Crippen molar-refractivity contribution in [3.05, 3.63) is 59.2 Å². The van der Waals surface area contributed by atoms with Crippen molar-refractivity contribution in [3.63, 3.8) is 0 Å². The number of carbonyl (C=O) groups excluding carboxylic acids is 1. The number of amides is 1. The molecule has 1 aliphatic rings. The Morgan fingerprint density at radius 3 is 2.42 bits per heavy atom. The van der Waals surface area contributed by atoms with Crippen LogP contribution in [0.2, 0.25) is 0 Å². The van der Waals surface area contributed by atoms with Gasteiger partial charge in [0.05, 0.1) is 11.4 Å². The van der Waals surface area contributed by atoms with Gasteiger partial charge in [-0.25, -0.2) is 8.42 Å². The number of hydrogen-bond donors (Lipinski definition) is 1. The fourth-order valence-electron chi connectivity index (χ4n) is 2.73. The summed E-state index contributed by atoms with van der Waals surface area (Å²) in [6, 6.07) is 12.6. The molecule has 0 unspecified atom stereocenters. The van der Waals surface area contributed by atoms with Crippen LogP contribution < -0.4 is 9.62 Å². The van der Waals surface area contributed by atoms with Crippen molar-refractivity contribution in [2.24, 2.45) is 0 Å². The van der Waals surface area contributed by atoms with Crippen molar-refractivity contribution in [3.8, 4) is 0 Å². The summed E-state index contributed by atoms with van der Waals surface area (Å²) >= 11 is 0. The van der Waals surface area contributed by atoms with Gasteiger partial charge in [-0.2, -0.15) is 0 Å². The molecule has 1 amide bonds. The Bertz CT molecular complexity index is 874. The molecule has 1 saturated heterocycles. The lowest BCUT2D eigenvalue weighted by Crippen LogP contribution is -2.25. The maximum Gasteiger partial charge on any atom is 0.255 e. The van der Waals surface area contributed by atoms with Crippen LogP contribution in [0, 0.1) is 13.8 Å². The molecule has 0 aliphatic carbocycles. The SMILES string of the molecule is Cc1ccc(C(=O)Nc2cc(N3CCCS3(=O)=O)ccc2C)cc1. The van der Waals surface area contributed by atoms with E-state index >= 15 is 0 Å². The highest BCUT2D eigenvalue weighted by atomic mass is 32.2. The first-order valence-corrected chi connectivity index (χ1v) is 9.47. The molecule has 3 rings (SSSR count). The Balaban J connectivity index is 1.87. The molecule has 1 N–H and O–H groups in total. The second-order valence-corrected chi connectivity index (χ2v) is 8.07. The van der Waals surface area contributed by atoms with Crippen molar-refractivity contribution in [1.82, 2.24) is 0 Å². The van der Waals surface area contributed by atoms with Gasteiger partial charge in [0.2, 0.25) is 10.0 Å². The van der Waals surface area contributed by atoms with Gasteiger partial charge in [0.25, 0.3) is 5.91 Å². The highest BCUT2D eigenvalue weighted by Crippen LogP contribution is 2.28. The fraction of sp³-hybridized carbons (Fsp3) is 0.278. The van der Waals surface area contributed by atoms with Crippen molar-refractivity contribution in [1.29, 1.82) is 0 Å². The number of rotatable bonds is 3. The number of nitrogens with one attached hydrogen (secondary N) is 1. The van der Waals surface area contributed by atoms with Crippen LogP contribution in [0.3, 0.4) is 0 Å². The standard InChI is InChI=1S/C18H20N2O3S/c1-13-4-7-15(8-5-13)18(21)19-17-12-16(9-6-14(17)2)20-10-3-11-24(20,22)23/h4-9,12H,3,10-11H2,1-2H3,(H,19,21). The van der Waals surface area contributed by atoms with E-state index < -0.39 is 10.0 Å². The molecule has 2 aromatic carbocycles. The van der Waals surface area contributed by atoms with Crippen LogP contribution in [-0.2, 0) is 10.0 Å². The Morgan fingerprint density at radius 1 is 1.08 bits per heavy atom. The molecule has 1 aliphatic heterocycles. The zero-order chi connectivity index (χ0) is 17.3. The zero-order valence-corrected chi connectivity index (χ0v) is 14.6. The first kappa shape index (κ1) is 16.5. The van der Waals surface area contributed by atoms with Gasteiger partial charge in [-0.05, 0) is 50.1 Å². The molecule has 0 spiro atoms. The molecule has 2 aromatic rings. The quantitative estimate of drug-likeness (QED) is 0.930. The van der Waals surface area contributed by atoms with Gasteiger partial charge < -0.3 is 5.32 Å². The molecule has 0 aromatic heterocycles. The molecular weight excluding hydrogens is 324 g/mol. The average molecular weight is 344 g/mol. The second-order valence-electron chi connectivity index (χ2n) is 6.06. The largest absolute Gasteiger partial charge is 0.322 e. The summed E-state index contributed by atoms with van der Waals surface area (Å²) < 4.78 is 25.6. The molecular formula is C18H20N2O3S. The van der Waals surface area contributed by atoms with E-state index in [4.69, 9.17) is 0 Å². The first-order chi connectivity index (χ1) is 11.4. The highest BCUT2D eigenvalue weighted by molar-refractivity contribution is 7.93. The third-order valence-corrected chi connectivity index (χ3v) is 6.04. The highest BCUT2D eigenvalue weighted by Gasteiger charge is 2.28. The van der Waals surface area contributed by atoms with Gasteiger partial charge in [-0.15, -0.1) is 0 Å². The molecule has 6 heteroatoms. The molecule has 0 bridgehead atoms. The van der Waals surface area contributed by atoms with E-state index in [0.717, 1.165) is 11.1 Å². The number of benzene rings is 2. The molecule has 5 nitrogen and oxygen atoms in total. The molecule has 0 atom stereocenters. The van der Waals surface area contributed by atoms with E-state index in [0.29, 0.717) is 29.9 Å². The summed E-state index contributed by atoms with van der Waals surface area (Å²) in [6.07, 6.45) is 0.626. The number of anilines is 2. The van der Waals surface area contributed by atoms with Gasteiger partial charge in [-0.1, -0.05) is 23.8 Å². The number of carbonyl (C=O) groups is 1. The monoisotopic (exact) mass is 344 g/mol. The maximum atomic E-state index is 12.4. The Kier molecular flexibility index (Phi) is 4.32. The van der Waals surface area contributed by atoms with E-state index in [1.807, 2.05) is 32.0 Å². The third kappa shape index (κ3) is 3.28. The summed E-state index contributed by atoms with van der Waals surface area (Å²) in [5.74, 6) is -0.0362. The van der Waals surface area contributed by atoms with Crippen LogP contribution in [0.5, 0.6) is 0 Å². The van der Waals surface area contributed by atoms with Gasteiger partial charge in [0.1, 0.15) is 0 Å². The molecule has 126 valence electrons. The summed E-state index contributed by atoms with van der Waals surface area (Å²) in [7, 11) is -3.23. The lowest BCUT2D eigenvalue weighted by Gasteiger charge is -2.19. The van der Waals surface area contributed by atoms with Crippen LogP contribution in [0.15, 0.2) is 42.5 Å². The molecule has 1 heterocycles. The van der Waals surface area contributed by atoms with Crippen LogP contribution in [0.25, 0.3) is 0 Å². The predicted molar refractivity (Wildman–Crippen MR) is 96.1 cm³/mol. The predicted octanol–water partition coefficient (Wildman–Crippen LogP) is 3.10. The van der Waals surface area contributed by atoms with Crippen molar-refractivity contribution < 1.29 is 13.2 Å². The number of nitrogens with zero attached hydrogens (tertiary/aromatic N) is 1. The third-order valence-electron chi connectivity index (χ3n) is 4.17. The van der Waals surface area contributed by atoms with Crippen LogP contribution in [0.1, 0.15) is 27.9 Å². The van der Waals surface area contributed by atoms with E-state index in [1.165, 1.54) is 4.31 Å². The Hall–Kier alpha value is -2.34. The maximum absolute atomic E-state index is 12.4. The minimum absolute atomic E-state index is 0.173. The fourth-order valence-corrected chi connectivity index (χ4v) is 4.29. The van der Waals surface area contributed by atoms with E-state index in [1.54, 1.807) is 24.3 Å². The van der Waals surface area contributed by atoms with Gasteiger partial charge in [0.15, 0.2) is 0 Å². The number of hydrogen-bond acceptors (Lipinski definition) is 3. The Labute approximate surface area is 142 Å². The molecule has 0 radical (unpaired) electrons. The summed E-state index contributed by atoms with van der Waals surface area (Å²) in [5, 5.41) is 2.88. The van der Waals surface area contributed by atoms with Crippen molar-refractivity contribution >= 4 is 27.3 Å². The topological polar surface area (TPSA) is 66.5 Å². The molecule has 1 fully saturated rings. The van der Waals surface area contributed by atoms with E-state index in [9.17, 15) is 13.2 Å². The number of aryl methyl sites for hydroxylation is 2. The van der Waals surface area contributed by atoms with Gasteiger partial charge >= 0.3 is 0 Å². The first-order valence-electron chi connectivity index (χ1n) is 7.86. The number of sulfonamides is 1. The molecule has 0 saturated carbocycles. The van der Waals surface area contributed by atoms with Crippen LogP contribution >= 0.6 is 0 Å². The zero-order valence-electron chi connectivity index (χ0n) is 13.7. The average Bonchev–Trinajstić information content (AvgIpc) is 2.89.